The van der Waals surface area contributed by atoms with Crippen LogP contribution in [0.15, 0.2) is 54.6 Å². The van der Waals surface area contributed by atoms with Gasteiger partial charge in [0.15, 0.2) is 0 Å². The summed E-state index contributed by atoms with van der Waals surface area (Å²) in [6.07, 6.45) is 4.52. The van der Waals surface area contributed by atoms with Gasteiger partial charge in [-0.25, -0.2) is 8.42 Å². The zero-order valence-electron chi connectivity index (χ0n) is 20.9. The summed E-state index contributed by atoms with van der Waals surface area (Å²) in [7, 11) is -3.73. The number of carbonyl (C=O) groups is 1. The molecule has 11 heteroatoms. The topological polar surface area (TPSA) is 108 Å². The first-order chi connectivity index (χ1) is 18.1. The van der Waals surface area contributed by atoms with Crippen LogP contribution in [0.4, 0.5) is 25.8 Å². The third-order valence-electron chi connectivity index (χ3n) is 7.53. The lowest BCUT2D eigenvalue weighted by atomic mass is 9.93. The zero-order chi connectivity index (χ0) is 27.0. The Labute approximate surface area is 220 Å². The van der Waals surface area contributed by atoms with Crippen LogP contribution in [0.3, 0.4) is 0 Å². The molecule has 1 saturated heterocycles. The van der Waals surface area contributed by atoms with Crippen LogP contribution in [0.1, 0.15) is 48.9 Å². The van der Waals surface area contributed by atoms with Crippen LogP contribution >= 0.6 is 0 Å². The molecular formula is C27H31F2N3O5S. The average Bonchev–Trinajstić information content (AvgIpc) is 3.78. The molecule has 1 aliphatic heterocycles. The van der Waals surface area contributed by atoms with Crippen LogP contribution < -0.4 is 19.7 Å². The predicted octanol–water partition coefficient (Wildman–Crippen LogP) is 4.75. The maximum absolute atomic E-state index is 13.4. The van der Waals surface area contributed by atoms with Gasteiger partial charge in [0.2, 0.25) is 10.0 Å². The summed E-state index contributed by atoms with van der Waals surface area (Å²) in [4.78, 5) is 15.5. The quantitative estimate of drug-likeness (QED) is 0.397. The normalized spacial score (nSPS) is 19.0. The monoisotopic (exact) mass is 547 g/mol. The van der Waals surface area contributed by atoms with Crippen molar-refractivity contribution in [2.75, 3.05) is 40.4 Å². The van der Waals surface area contributed by atoms with Crippen LogP contribution in [-0.2, 0) is 10.0 Å². The van der Waals surface area contributed by atoms with Gasteiger partial charge in [0.25, 0.3) is 12.0 Å². The third-order valence-corrected chi connectivity index (χ3v) is 8.79. The van der Waals surface area contributed by atoms with Crippen molar-refractivity contribution in [2.24, 2.45) is 5.41 Å². The molecule has 38 heavy (non-hydrogen) atoms. The zero-order valence-corrected chi connectivity index (χ0v) is 21.7. The Morgan fingerprint density at radius 3 is 2.39 bits per heavy atom. The van der Waals surface area contributed by atoms with E-state index in [2.05, 4.69) is 14.9 Å². The van der Waals surface area contributed by atoms with Gasteiger partial charge < -0.3 is 20.1 Å². The highest BCUT2D eigenvalue weighted by molar-refractivity contribution is 7.92. The predicted molar refractivity (Wildman–Crippen MR) is 141 cm³/mol. The molecule has 0 radical (unpaired) electrons. The van der Waals surface area contributed by atoms with E-state index in [9.17, 15) is 22.0 Å². The SMILES string of the molecule is O=C(Nc1cccc(OC2(C=C(F)F)CC2)c1)c1ccc(NS(=O)(=O)CCO)cc1N1CCC2(CC1)CC2. The number of hydrogen-bond donors (Lipinski definition) is 3. The summed E-state index contributed by atoms with van der Waals surface area (Å²) in [6.45, 7) is 1.02. The number of nitrogens with zero attached hydrogens (tertiary/aromatic N) is 1. The van der Waals surface area contributed by atoms with Crippen molar-refractivity contribution in [3.05, 3.63) is 60.2 Å². The van der Waals surface area contributed by atoms with E-state index >= 15 is 0 Å². The molecule has 0 atom stereocenters. The van der Waals surface area contributed by atoms with Crippen molar-refractivity contribution in [3.63, 3.8) is 0 Å². The van der Waals surface area contributed by atoms with Gasteiger partial charge in [0, 0.05) is 30.9 Å². The van der Waals surface area contributed by atoms with Crippen molar-refractivity contribution >= 4 is 33.0 Å². The Hall–Kier alpha value is -3.18. The van der Waals surface area contributed by atoms with Gasteiger partial charge in [-0.05, 0) is 74.3 Å². The number of aliphatic hydroxyl groups excluding tert-OH is 1. The molecule has 2 aromatic rings. The third kappa shape index (κ3) is 6.27. The highest BCUT2D eigenvalue weighted by Gasteiger charge is 2.45. The lowest BCUT2D eigenvalue weighted by Crippen LogP contribution is -2.35. The number of sulfonamides is 1. The molecule has 0 aromatic heterocycles. The number of halogens is 2. The van der Waals surface area contributed by atoms with E-state index in [4.69, 9.17) is 9.84 Å². The van der Waals surface area contributed by atoms with E-state index < -0.39 is 34.1 Å². The molecule has 1 spiro atoms. The van der Waals surface area contributed by atoms with Crippen molar-refractivity contribution in [3.8, 4) is 5.75 Å². The Morgan fingerprint density at radius 2 is 1.76 bits per heavy atom. The van der Waals surface area contributed by atoms with Gasteiger partial charge in [-0.1, -0.05) is 6.07 Å². The second-order valence-corrected chi connectivity index (χ2v) is 12.3. The van der Waals surface area contributed by atoms with Gasteiger partial charge >= 0.3 is 0 Å². The first-order valence-corrected chi connectivity index (χ1v) is 14.4. The number of nitrogens with one attached hydrogen (secondary N) is 2. The van der Waals surface area contributed by atoms with Crippen LogP contribution in [0, 0.1) is 5.41 Å². The second kappa shape index (κ2) is 10.2. The van der Waals surface area contributed by atoms with E-state index in [1.165, 1.54) is 18.9 Å². The summed E-state index contributed by atoms with van der Waals surface area (Å²) in [6, 6.07) is 11.4. The summed E-state index contributed by atoms with van der Waals surface area (Å²) in [5, 5.41) is 11.9. The number of amides is 1. The van der Waals surface area contributed by atoms with Crippen molar-refractivity contribution in [1.82, 2.24) is 0 Å². The number of anilines is 3. The van der Waals surface area contributed by atoms with E-state index in [1.54, 1.807) is 36.4 Å². The van der Waals surface area contributed by atoms with Crippen molar-refractivity contribution in [1.29, 1.82) is 0 Å². The number of piperidine rings is 1. The molecule has 2 aliphatic carbocycles. The molecule has 0 bridgehead atoms. The van der Waals surface area contributed by atoms with E-state index in [0.717, 1.165) is 32.0 Å². The van der Waals surface area contributed by atoms with Crippen LogP contribution in [0.5, 0.6) is 5.75 Å². The Balaban J connectivity index is 1.37. The minimum absolute atomic E-state index is 0.315. The van der Waals surface area contributed by atoms with Crippen LogP contribution in [0.2, 0.25) is 0 Å². The summed E-state index contributed by atoms with van der Waals surface area (Å²) in [5.41, 5.74) is 1.18. The summed E-state index contributed by atoms with van der Waals surface area (Å²) in [5.74, 6) is -0.438. The molecule has 1 heterocycles. The number of benzene rings is 2. The molecule has 204 valence electrons. The van der Waals surface area contributed by atoms with Crippen molar-refractivity contribution < 1.29 is 31.8 Å². The highest BCUT2D eigenvalue weighted by atomic mass is 32.2. The van der Waals surface area contributed by atoms with Gasteiger partial charge in [-0.3, -0.25) is 9.52 Å². The first kappa shape index (κ1) is 26.4. The number of rotatable bonds is 10. The number of carbonyl (C=O) groups excluding carboxylic acids is 1. The lowest BCUT2D eigenvalue weighted by Gasteiger charge is -2.35. The maximum atomic E-state index is 13.4. The molecule has 3 N–H and O–H groups in total. The molecule has 1 amide bonds. The van der Waals surface area contributed by atoms with Gasteiger partial charge in [0.1, 0.15) is 11.4 Å². The minimum Gasteiger partial charge on any atom is -0.483 e. The van der Waals surface area contributed by atoms with Crippen molar-refractivity contribution in [2.45, 2.75) is 44.1 Å². The Kier molecular flexibility index (Phi) is 7.08. The van der Waals surface area contributed by atoms with E-state index in [1.807, 2.05) is 0 Å². The van der Waals surface area contributed by atoms with E-state index in [-0.39, 0.29) is 5.91 Å². The molecular weight excluding hydrogens is 516 g/mol. The minimum atomic E-state index is -3.73. The number of ether oxygens (including phenoxy) is 1. The van der Waals surface area contributed by atoms with Gasteiger partial charge in [0.05, 0.1) is 29.3 Å². The molecule has 2 aromatic carbocycles. The molecule has 8 nitrogen and oxygen atoms in total. The number of aliphatic hydroxyl groups is 1. The van der Waals surface area contributed by atoms with E-state index in [0.29, 0.717) is 46.6 Å². The lowest BCUT2D eigenvalue weighted by molar-refractivity contribution is 0.102. The summed E-state index contributed by atoms with van der Waals surface area (Å²) >= 11 is 0. The second-order valence-electron chi connectivity index (χ2n) is 10.4. The fourth-order valence-electron chi connectivity index (χ4n) is 4.97. The molecule has 3 fully saturated rings. The van der Waals surface area contributed by atoms with Gasteiger partial charge in [-0.15, -0.1) is 0 Å². The largest absolute Gasteiger partial charge is 0.483 e. The maximum Gasteiger partial charge on any atom is 0.270 e. The highest BCUT2D eigenvalue weighted by Crippen LogP contribution is 2.54. The first-order valence-electron chi connectivity index (χ1n) is 12.7. The molecule has 0 unspecified atom stereocenters. The molecule has 2 saturated carbocycles. The number of hydrogen-bond acceptors (Lipinski definition) is 6. The Morgan fingerprint density at radius 1 is 1.03 bits per heavy atom. The Bertz CT molecular complexity index is 1340. The molecule has 3 aliphatic rings. The fourth-order valence-corrected chi connectivity index (χ4v) is 5.80. The van der Waals surface area contributed by atoms with Crippen LogP contribution in [-0.4, -0.2) is 50.5 Å². The standard InChI is InChI=1S/C27H31F2N3O5S/c28-24(29)18-27(8-9-27)37-21-3-1-2-19(16-21)30-25(34)22-5-4-20(31-38(35,36)15-14-33)17-23(22)32-12-10-26(6-7-26)11-13-32/h1-5,16-18,31,33H,6-15H2,(H,30,34). The average molecular weight is 548 g/mol. The fraction of sp³-hybridized carbons (Fsp3) is 0.444. The van der Waals surface area contributed by atoms with Gasteiger partial charge in [-0.2, -0.15) is 8.78 Å². The smallest absolute Gasteiger partial charge is 0.270 e. The summed E-state index contributed by atoms with van der Waals surface area (Å²) < 4.78 is 58.2. The van der Waals surface area contributed by atoms with Crippen LogP contribution in [0.25, 0.3) is 0 Å². The molecule has 5 rings (SSSR count).